The third-order valence-electron chi connectivity index (χ3n) is 4.21. The maximum absolute atomic E-state index is 6.03. The number of likely N-dealkylation sites (N-methyl/N-ethyl adjacent to an activating group) is 1. The fraction of sp³-hybridized carbons (Fsp3) is 0.471. The zero-order valence-corrected chi connectivity index (χ0v) is 12.2. The van der Waals surface area contributed by atoms with Crippen LogP contribution in [0.3, 0.4) is 0 Å². The van der Waals surface area contributed by atoms with Crippen LogP contribution in [0.4, 0.5) is 0 Å². The van der Waals surface area contributed by atoms with Crippen molar-refractivity contribution in [3.05, 3.63) is 42.1 Å². The topological polar surface area (TPSA) is 34.2 Å². The summed E-state index contributed by atoms with van der Waals surface area (Å²) in [5, 5.41) is 4.77. The zero-order valence-electron chi connectivity index (χ0n) is 12.2. The second-order valence-corrected chi connectivity index (χ2v) is 5.72. The van der Waals surface area contributed by atoms with Gasteiger partial charge in [0.15, 0.2) is 0 Å². The van der Waals surface area contributed by atoms with Gasteiger partial charge in [-0.15, -0.1) is 0 Å². The molecule has 0 amide bonds. The van der Waals surface area contributed by atoms with E-state index in [-0.39, 0.29) is 11.6 Å². The number of hydrogen-bond acceptors (Lipinski definition) is 3. The van der Waals surface area contributed by atoms with E-state index in [0.29, 0.717) is 0 Å². The van der Waals surface area contributed by atoms with Crippen LogP contribution in [0, 0.1) is 0 Å². The van der Waals surface area contributed by atoms with Crippen LogP contribution in [0.5, 0.6) is 0 Å². The number of benzene rings is 1. The van der Waals surface area contributed by atoms with Crippen molar-refractivity contribution < 1.29 is 4.74 Å². The molecule has 20 heavy (non-hydrogen) atoms. The van der Waals surface area contributed by atoms with Crippen molar-refractivity contribution in [2.75, 3.05) is 13.2 Å². The predicted molar refractivity (Wildman–Crippen MR) is 81.8 cm³/mol. The quantitative estimate of drug-likeness (QED) is 0.924. The van der Waals surface area contributed by atoms with Crippen molar-refractivity contribution in [1.82, 2.24) is 10.3 Å². The summed E-state index contributed by atoms with van der Waals surface area (Å²) in [7, 11) is 0. The average molecular weight is 270 g/mol. The second kappa shape index (κ2) is 5.51. The molecule has 2 heterocycles. The molecule has 0 saturated carbocycles. The molecule has 1 fully saturated rings. The summed E-state index contributed by atoms with van der Waals surface area (Å²) in [4.78, 5) is 4.59. The number of rotatable bonds is 4. The number of para-hydroxylation sites is 1. The molecular formula is C17H22N2O. The number of ether oxygens (including phenoxy) is 1. The number of nitrogens with one attached hydrogen (secondary N) is 1. The van der Waals surface area contributed by atoms with Gasteiger partial charge in [-0.25, -0.2) is 0 Å². The summed E-state index contributed by atoms with van der Waals surface area (Å²) >= 11 is 0. The molecule has 3 rings (SSSR count). The summed E-state index contributed by atoms with van der Waals surface area (Å²) in [6.45, 7) is 6.14. The highest BCUT2D eigenvalue weighted by Gasteiger charge is 2.39. The Kier molecular flexibility index (Phi) is 3.72. The van der Waals surface area contributed by atoms with Gasteiger partial charge in [-0.1, -0.05) is 25.1 Å². The molecule has 3 nitrogen and oxygen atoms in total. The molecule has 0 aliphatic carbocycles. The highest BCUT2D eigenvalue weighted by Crippen LogP contribution is 2.37. The van der Waals surface area contributed by atoms with Crippen LogP contribution in [0.1, 0.15) is 38.3 Å². The summed E-state index contributed by atoms with van der Waals surface area (Å²) < 4.78 is 6.03. The Balaban J connectivity index is 2.00. The SMILES string of the molecule is CCNC(c1cnc2ccccc2c1)C1(C)CCCO1. The summed E-state index contributed by atoms with van der Waals surface area (Å²) in [5.41, 5.74) is 2.14. The van der Waals surface area contributed by atoms with Crippen LogP contribution < -0.4 is 5.32 Å². The predicted octanol–water partition coefficient (Wildman–Crippen LogP) is 3.45. The molecule has 0 spiro atoms. The first-order chi connectivity index (χ1) is 9.73. The highest BCUT2D eigenvalue weighted by molar-refractivity contribution is 5.78. The monoisotopic (exact) mass is 270 g/mol. The molecule has 2 aromatic rings. The van der Waals surface area contributed by atoms with E-state index in [0.717, 1.165) is 31.5 Å². The summed E-state index contributed by atoms with van der Waals surface area (Å²) in [6, 6.07) is 10.7. The van der Waals surface area contributed by atoms with Crippen molar-refractivity contribution in [1.29, 1.82) is 0 Å². The van der Waals surface area contributed by atoms with E-state index in [4.69, 9.17) is 4.74 Å². The van der Waals surface area contributed by atoms with E-state index >= 15 is 0 Å². The van der Waals surface area contributed by atoms with E-state index in [1.165, 1.54) is 10.9 Å². The zero-order chi connectivity index (χ0) is 14.0. The molecule has 2 unspecified atom stereocenters. The normalized spacial score (nSPS) is 24.1. The Morgan fingerprint density at radius 1 is 1.40 bits per heavy atom. The second-order valence-electron chi connectivity index (χ2n) is 5.72. The van der Waals surface area contributed by atoms with E-state index in [2.05, 4.69) is 48.4 Å². The number of hydrogen-bond donors (Lipinski definition) is 1. The van der Waals surface area contributed by atoms with Gasteiger partial charge in [0.2, 0.25) is 0 Å². The lowest BCUT2D eigenvalue weighted by atomic mass is 9.88. The molecule has 0 radical (unpaired) electrons. The molecule has 1 aromatic heterocycles. The molecule has 1 aliphatic heterocycles. The van der Waals surface area contributed by atoms with Crippen LogP contribution in [0.2, 0.25) is 0 Å². The minimum absolute atomic E-state index is 0.125. The lowest BCUT2D eigenvalue weighted by molar-refractivity contribution is -0.0121. The van der Waals surface area contributed by atoms with Crippen LogP contribution in [0.15, 0.2) is 36.5 Å². The van der Waals surface area contributed by atoms with Crippen LogP contribution in [-0.2, 0) is 4.74 Å². The Bertz CT molecular complexity index is 590. The Labute approximate surface area is 120 Å². The first kappa shape index (κ1) is 13.5. The number of aromatic nitrogens is 1. The van der Waals surface area contributed by atoms with Gasteiger partial charge in [-0.05, 0) is 44.0 Å². The van der Waals surface area contributed by atoms with Crippen molar-refractivity contribution in [2.24, 2.45) is 0 Å². The number of nitrogens with zero attached hydrogens (tertiary/aromatic N) is 1. The fourth-order valence-electron chi connectivity index (χ4n) is 3.16. The third kappa shape index (κ3) is 2.43. The minimum Gasteiger partial charge on any atom is -0.373 e. The molecular weight excluding hydrogens is 248 g/mol. The van der Waals surface area contributed by atoms with E-state index in [1.54, 1.807) is 0 Å². The molecule has 0 bridgehead atoms. The van der Waals surface area contributed by atoms with Gasteiger partial charge in [0.25, 0.3) is 0 Å². The molecule has 1 aromatic carbocycles. The van der Waals surface area contributed by atoms with Gasteiger partial charge >= 0.3 is 0 Å². The highest BCUT2D eigenvalue weighted by atomic mass is 16.5. The van der Waals surface area contributed by atoms with Crippen molar-refractivity contribution in [2.45, 2.75) is 38.3 Å². The molecule has 1 saturated heterocycles. The average Bonchev–Trinajstić information content (AvgIpc) is 2.92. The van der Waals surface area contributed by atoms with Crippen LogP contribution >= 0.6 is 0 Å². The first-order valence-corrected chi connectivity index (χ1v) is 7.45. The molecule has 1 aliphatic rings. The smallest absolute Gasteiger partial charge is 0.0849 e. The van der Waals surface area contributed by atoms with Gasteiger partial charge in [0.1, 0.15) is 0 Å². The Hall–Kier alpha value is -1.45. The summed E-state index contributed by atoms with van der Waals surface area (Å²) in [5.74, 6) is 0. The third-order valence-corrected chi connectivity index (χ3v) is 4.21. The maximum Gasteiger partial charge on any atom is 0.0849 e. The molecule has 2 atom stereocenters. The number of fused-ring (bicyclic) bond motifs is 1. The van der Waals surface area contributed by atoms with Gasteiger partial charge in [-0.2, -0.15) is 0 Å². The standard InChI is InChI=1S/C17H22N2O/c1-3-18-16(17(2)9-6-10-20-17)14-11-13-7-4-5-8-15(13)19-12-14/h4-5,7-8,11-12,16,18H,3,6,9-10H2,1-2H3. The largest absolute Gasteiger partial charge is 0.373 e. The van der Waals surface area contributed by atoms with E-state index in [1.807, 2.05) is 12.3 Å². The van der Waals surface area contributed by atoms with E-state index in [9.17, 15) is 0 Å². The molecule has 1 N–H and O–H groups in total. The van der Waals surface area contributed by atoms with Crippen LogP contribution in [-0.4, -0.2) is 23.7 Å². The van der Waals surface area contributed by atoms with Gasteiger partial charge in [0.05, 0.1) is 17.2 Å². The van der Waals surface area contributed by atoms with Crippen molar-refractivity contribution in [3.63, 3.8) is 0 Å². The van der Waals surface area contributed by atoms with E-state index < -0.39 is 0 Å². The lowest BCUT2D eigenvalue weighted by Gasteiger charge is -2.34. The first-order valence-electron chi connectivity index (χ1n) is 7.45. The lowest BCUT2D eigenvalue weighted by Crippen LogP contribution is -2.41. The number of pyridine rings is 1. The fourth-order valence-corrected chi connectivity index (χ4v) is 3.16. The molecule has 3 heteroatoms. The Morgan fingerprint density at radius 3 is 3.00 bits per heavy atom. The maximum atomic E-state index is 6.03. The Morgan fingerprint density at radius 2 is 2.25 bits per heavy atom. The van der Waals surface area contributed by atoms with Gasteiger partial charge in [-0.3, -0.25) is 4.98 Å². The van der Waals surface area contributed by atoms with Gasteiger partial charge < -0.3 is 10.1 Å². The molecule has 106 valence electrons. The minimum atomic E-state index is -0.125. The van der Waals surface area contributed by atoms with Gasteiger partial charge in [0, 0.05) is 18.2 Å². The van der Waals surface area contributed by atoms with Crippen molar-refractivity contribution in [3.8, 4) is 0 Å². The summed E-state index contributed by atoms with van der Waals surface area (Å²) in [6.07, 6.45) is 4.22. The van der Waals surface area contributed by atoms with Crippen molar-refractivity contribution >= 4 is 10.9 Å². The van der Waals surface area contributed by atoms with Crippen LogP contribution in [0.25, 0.3) is 10.9 Å².